The number of fused-ring (bicyclic) bond motifs is 1. The number of aromatic nitrogens is 3. The summed E-state index contributed by atoms with van der Waals surface area (Å²) in [5.41, 5.74) is 0.0512. The van der Waals surface area contributed by atoms with Gasteiger partial charge in [0, 0.05) is 30.7 Å². The molecule has 0 aliphatic heterocycles. The van der Waals surface area contributed by atoms with Crippen molar-refractivity contribution >= 4 is 33.1 Å². The van der Waals surface area contributed by atoms with Gasteiger partial charge in [0.2, 0.25) is 0 Å². The Labute approximate surface area is 119 Å². The largest absolute Gasteiger partial charge is 0.335 e. The lowest BCUT2D eigenvalue weighted by Gasteiger charge is -2.09. The second kappa shape index (κ2) is 4.78. The molecular weight excluding hydrogens is 337 g/mol. The maximum Gasteiger partial charge on any atom is 0.182 e. The minimum Gasteiger partial charge on any atom is -0.335 e. The Morgan fingerprint density at radius 3 is 2.80 bits per heavy atom. The fourth-order valence-corrected chi connectivity index (χ4v) is 2.16. The van der Waals surface area contributed by atoms with Crippen LogP contribution in [0.4, 0.5) is 24.7 Å². The van der Waals surface area contributed by atoms with Crippen LogP contribution in [0.5, 0.6) is 0 Å². The Morgan fingerprint density at radius 1 is 1.20 bits per heavy atom. The lowest BCUT2D eigenvalue weighted by atomic mass is 10.3. The first kappa shape index (κ1) is 12.9. The molecule has 1 N–H and O–H groups in total. The zero-order valence-corrected chi connectivity index (χ0v) is 11.3. The van der Waals surface area contributed by atoms with Crippen molar-refractivity contribution in [2.75, 3.05) is 5.32 Å². The molecule has 3 rings (SSSR count). The molecule has 2 aromatic heterocycles. The number of nitrogens with one attached hydrogen (secondary N) is 1. The predicted molar refractivity (Wildman–Crippen MR) is 70.3 cm³/mol. The summed E-state index contributed by atoms with van der Waals surface area (Å²) < 4.78 is 42.0. The van der Waals surface area contributed by atoms with Gasteiger partial charge in [-0.15, -0.1) is 0 Å². The minimum absolute atomic E-state index is 0.174. The molecule has 3 aromatic rings. The van der Waals surface area contributed by atoms with E-state index in [9.17, 15) is 13.2 Å². The van der Waals surface area contributed by atoms with Crippen LogP contribution >= 0.6 is 15.9 Å². The van der Waals surface area contributed by atoms with E-state index in [0.29, 0.717) is 16.3 Å². The van der Waals surface area contributed by atoms with Crippen molar-refractivity contribution in [1.82, 2.24) is 14.4 Å². The summed E-state index contributed by atoms with van der Waals surface area (Å²) in [6.07, 6.45) is 4.84. The molecule has 0 fully saturated rings. The normalized spacial score (nSPS) is 11.0. The second-order valence-corrected chi connectivity index (χ2v) is 4.76. The van der Waals surface area contributed by atoms with Crippen LogP contribution in [0.2, 0.25) is 0 Å². The van der Waals surface area contributed by atoms with E-state index in [-0.39, 0.29) is 11.5 Å². The van der Waals surface area contributed by atoms with Gasteiger partial charge < -0.3 is 9.72 Å². The molecule has 4 nitrogen and oxygen atoms in total. The molecule has 0 atom stereocenters. The number of halogens is 4. The molecule has 0 radical (unpaired) electrons. The molecule has 0 spiro atoms. The zero-order valence-electron chi connectivity index (χ0n) is 9.74. The molecule has 0 unspecified atom stereocenters. The van der Waals surface area contributed by atoms with Crippen molar-refractivity contribution in [2.24, 2.45) is 0 Å². The van der Waals surface area contributed by atoms with Crippen LogP contribution in [0.25, 0.3) is 5.65 Å². The Hall–Kier alpha value is -2.09. The number of imidazole rings is 1. The van der Waals surface area contributed by atoms with E-state index in [1.54, 1.807) is 16.8 Å². The monoisotopic (exact) mass is 342 g/mol. The molecule has 0 amide bonds. The lowest BCUT2D eigenvalue weighted by Crippen LogP contribution is -2.02. The number of rotatable bonds is 2. The lowest BCUT2D eigenvalue weighted by molar-refractivity contribution is 0.498. The molecule has 0 saturated heterocycles. The van der Waals surface area contributed by atoms with Crippen LogP contribution in [0.1, 0.15) is 0 Å². The highest BCUT2D eigenvalue weighted by molar-refractivity contribution is 9.10. The molecule has 2 heterocycles. The zero-order chi connectivity index (χ0) is 14.3. The Morgan fingerprint density at radius 2 is 2.00 bits per heavy atom. The van der Waals surface area contributed by atoms with Gasteiger partial charge in [0.05, 0.1) is 5.69 Å². The fraction of sp³-hybridized carbons (Fsp3) is 0. The highest BCUT2D eigenvalue weighted by Crippen LogP contribution is 2.25. The van der Waals surface area contributed by atoms with Gasteiger partial charge in [-0.25, -0.2) is 23.1 Å². The molecule has 8 heteroatoms. The number of hydrogen-bond acceptors (Lipinski definition) is 3. The van der Waals surface area contributed by atoms with Gasteiger partial charge >= 0.3 is 0 Å². The van der Waals surface area contributed by atoms with Crippen LogP contribution in [0.15, 0.2) is 35.3 Å². The Balaban J connectivity index is 2.12. The summed E-state index contributed by atoms with van der Waals surface area (Å²) in [7, 11) is 0. The van der Waals surface area contributed by atoms with Crippen LogP contribution in [0, 0.1) is 17.5 Å². The number of anilines is 2. The quantitative estimate of drug-likeness (QED) is 0.723. The first-order valence-corrected chi connectivity index (χ1v) is 6.24. The van der Waals surface area contributed by atoms with Crippen molar-refractivity contribution in [3.63, 3.8) is 0 Å². The van der Waals surface area contributed by atoms with Crippen molar-refractivity contribution < 1.29 is 13.2 Å². The minimum atomic E-state index is -1.28. The van der Waals surface area contributed by atoms with E-state index in [1.807, 2.05) is 0 Å². The van der Waals surface area contributed by atoms with Crippen molar-refractivity contribution in [3.8, 4) is 0 Å². The average Bonchev–Trinajstić information content (AvgIpc) is 2.83. The summed E-state index contributed by atoms with van der Waals surface area (Å²) in [6, 6.07) is 1.32. The van der Waals surface area contributed by atoms with Crippen LogP contribution in [-0.4, -0.2) is 14.4 Å². The van der Waals surface area contributed by atoms with Gasteiger partial charge in [-0.05, 0) is 15.9 Å². The second-order valence-electron chi connectivity index (χ2n) is 3.94. The third kappa shape index (κ3) is 2.22. The third-order valence-corrected chi connectivity index (χ3v) is 2.97. The SMILES string of the molecule is Fc1cc(F)c(F)c(Nc2nc(Br)cn3ccnc23)c1. The summed E-state index contributed by atoms with van der Waals surface area (Å²) in [5.74, 6) is -3.17. The maximum atomic E-state index is 13.6. The highest BCUT2D eigenvalue weighted by atomic mass is 79.9. The molecule has 20 heavy (non-hydrogen) atoms. The molecule has 102 valence electrons. The van der Waals surface area contributed by atoms with E-state index >= 15 is 0 Å². The van der Waals surface area contributed by atoms with Gasteiger partial charge in [0.15, 0.2) is 23.1 Å². The van der Waals surface area contributed by atoms with E-state index in [4.69, 9.17) is 0 Å². The van der Waals surface area contributed by atoms with Crippen molar-refractivity contribution in [3.05, 3.63) is 52.8 Å². The maximum absolute atomic E-state index is 13.6. The molecule has 0 saturated carbocycles. The Kier molecular flexibility index (Phi) is 3.09. The van der Waals surface area contributed by atoms with Gasteiger partial charge in [0.1, 0.15) is 10.4 Å². The number of nitrogens with zero attached hydrogens (tertiary/aromatic N) is 3. The van der Waals surface area contributed by atoms with Crippen molar-refractivity contribution in [1.29, 1.82) is 0 Å². The first-order chi connectivity index (χ1) is 9.54. The highest BCUT2D eigenvalue weighted by Gasteiger charge is 2.14. The standard InChI is InChI=1S/C12H6BrF3N4/c13-9-5-20-2-1-17-12(20)11(19-9)18-8-4-6(14)3-7(15)10(8)16/h1-5H,(H,18,19). The van der Waals surface area contributed by atoms with Crippen LogP contribution in [-0.2, 0) is 0 Å². The number of hydrogen-bond donors (Lipinski definition) is 1. The summed E-state index contributed by atoms with van der Waals surface area (Å²) in [5, 5.41) is 2.54. The molecule has 1 aromatic carbocycles. The molecule has 0 aliphatic rings. The summed E-state index contributed by atoms with van der Waals surface area (Å²) in [6.45, 7) is 0. The van der Waals surface area contributed by atoms with E-state index in [0.717, 1.165) is 6.07 Å². The van der Waals surface area contributed by atoms with Gasteiger partial charge in [0.25, 0.3) is 0 Å². The average molecular weight is 343 g/mol. The van der Waals surface area contributed by atoms with E-state index < -0.39 is 17.5 Å². The van der Waals surface area contributed by atoms with E-state index in [2.05, 4.69) is 31.2 Å². The number of benzene rings is 1. The fourth-order valence-electron chi connectivity index (χ4n) is 1.76. The summed E-state index contributed by atoms with van der Waals surface area (Å²) in [4.78, 5) is 8.12. The van der Waals surface area contributed by atoms with Crippen LogP contribution < -0.4 is 5.32 Å². The first-order valence-electron chi connectivity index (χ1n) is 5.45. The summed E-state index contributed by atoms with van der Waals surface area (Å²) >= 11 is 3.19. The van der Waals surface area contributed by atoms with E-state index in [1.165, 1.54) is 6.20 Å². The van der Waals surface area contributed by atoms with Crippen LogP contribution in [0.3, 0.4) is 0 Å². The molecular formula is C12H6BrF3N4. The Bertz CT molecular complexity index is 803. The smallest absolute Gasteiger partial charge is 0.182 e. The van der Waals surface area contributed by atoms with Gasteiger partial charge in [-0.1, -0.05) is 0 Å². The van der Waals surface area contributed by atoms with Gasteiger partial charge in [-0.3, -0.25) is 0 Å². The van der Waals surface area contributed by atoms with Gasteiger partial charge in [-0.2, -0.15) is 0 Å². The predicted octanol–water partition coefficient (Wildman–Crippen LogP) is 3.65. The molecule has 0 aliphatic carbocycles. The molecule has 0 bridgehead atoms. The van der Waals surface area contributed by atoms with Crippen molar-refractivity contribution in [2.45, 2.75) is 0 Å². The third-order valence-electron chi connectivity index (χ3n) is 2.59. The topological polar surface area (TPSA) is 42.2 Å².